The van der Waals surface area contributed by atoms with Crippen LogP contribution in [0.1, 0.15) is 6.23 Å². The second-order valence-corrected chi connectivity index (χ2v) is 8.18. The van der Waals surface area contributed by atoms with Crippen LogP contribution >= 0.6 is 6.72 Å². The number of nitrogen functional groups attached to an aromatic ring is 1. The molecule has 3 rings (SSSR count). The maximum atomic E-state index is 12.0. The lowest BCUT2D eigenvalue weighted by Gasteiger charge is -2.25. The van der Waals surface area contributed by atoms with Crippen LogP contribution in [-0.2, 0) is 25.8 Å². The van der Waals surface area contributed by atoms with Crippen molar-refractivity contribution in [2.24, 2.45) is 0 Å². The molecule has 0 amide bonds. The van der Waals surface area contributed by atoms with Crippen molar-refractivity contribution >= 4 is 35.6 Å². The molecule has 14 heteroatoms. The Bertz CT molecular complexity index is 982. The number of rotatable bonds is 6. The summed E-state index contributed by atoms with van der Waals surface area (Å²) in [5.41, 5.74) is 5.13. The zero-order chi connectivity index (χ0) is 19.8. The average Bonchev–Trinajstić information content (AvgIpc) is 3.13. The lowest BCUT2D eigenvalue weighted by Crippen LogP contribution is -2.37. The van der Waals surface area contributed by atoms with Gasteiger partial charge < -0.3 is 30.1 Å². The van der Waals surface area contributed by atoms with Crippen molar-refractivity contribution < 1.29 is 28.9 Å². The fourth-order valence-corrected chi connectivity index (χ4v) is 3.69. The number of ether oxygens (including phenoxy) is 2. The first-order valence-corrected chi connectivity index (χ1v) is 10.2. The van der Waals surface area contributed by atoms with Crippen LogP contribution in [-0.4, -0.2) is 65.9 Å². The molecule has 12 nitrogen and oxygen atoms in total. The van der Waals surface area contributed by atoms with Crippen molar-refractivity contribution in [3.05, 3.63) is 16.7 Å². The summed E-state index contributed by atoms with van der Waals surface area (Å²) in [6.07, 6.45) is 2.31. The van der Waals surface area contributed by atoms with E-state index in [9.17, 15) is 19.7 Å². The van der Waals surface area contributed by atoms with Gasteiger partial charge in [0.25, 0.3) is 5.56 Å². The Morgan fingerprint density at radius 3 is 2.89 bits per heavy atom. The minimum Gasteiger partial charge on any atom is -0.394 e. The van der Waals surface area contributed by atoms with Crippen LogP contribution in [0.3, 0.4) is 0 Å². The Hall–Kier alpha value is -1.88. The average molecular weight is 417 g/mol. The zero-order valence-corrected chi connectivity index (χ0v) is 15.3. The van der Waals surface area contributed by atoms with E-state index in [-0.39, 0.29) is 23.7 Å². The molecule has 0 aromatic carbocycles. The van der Waals surface area contributed by atoms with Crippen LogP contribution < -0.4 is 11.3 Å². The van der Waals surface area contributed by atoms with Crippen LogP contribution in [0.2, 0.25) is 0 Å². The largest absolute Gasteiger partial charge is 0.394 e. The van der Waals surface area contributed by atoms with Gasteiger partial charge in [-0.2, -0.15) is 4.98 Å². The van der Waals surface area contributed by atoms with Crippen LogP contribution in [0, 0.1) is 12.3 Å². The van der Waals surface area contributed by atoms with Crippen molar-refractivity contribution in [3.8, 4) is 12.3 Å². The molecule has 0 unspecified atom stereocenters. The first-order valence-electron chi connectivity index (χ1n) is 7.53. The fourth-order valence-electron chi connectivity index (χ4n) is 2.82. The Kier molecular flexibility index (Phi) is 5.61. The van der Waals surface area contributed by atoms with E-state index in [0.29, 0.717) is 0 Å². The summed E-state index contributed by atoms with van der Waals surface area (Å²) in [6.45, 7) is -4.80. The number of nitrogens with zero attached hydrogens (tertiary/aromatic N) is 3. The zero-order valence-electron chi connectivity index (χ0n) is 13.6. The minimum atomic E-state index is -4.11. The highest BCUT2D eigenvalue weighted by Gasteiger charge is 2.49. The molecule has 0 bridgehead atoms. The number of aliphatic hydroxyl groups excluding tert-OH is 1. The van der Waals surface area contributed by atoms with E-state index in [1.165, 1.54) is 10.9 Å². The molecule has 146 valence electrons. The molecule has 0 radical (unpaired) electrons. The predicted octanol–water partition coefficient (Wildman–Crippen LogP) is -1.80. The van der Waals surface area contributed by atoms with E-state index in [1.54, 1.807) is 0 Å². The van der Waals surface area contributed by atoms with Gasteiger partial charge in [0.15, 0.2) is 17.4 Å². The van der Waals surface area contributed by atoms with Gasteiger partial charge in [-0.1, -0.05) is 5.92 Å². The van der Waals surface area contributed by atoms with Crippen LogP contribution in [0.25, 0.3) is 11.2 Å². The highest BCUT2D eigenvalue weighted by molar-refractivity contribution is 8.06. The summed E-state index contributed by atoms with van der Waals surface area (Å²) in [6, 6.07) is 0. The van der Waals surface area contributed by atoms with Gasteiger partial charge in [0.1, 0.15) is 24.9 Å². The highest BCUT2D eigenvalue weighted by atomic mass is 32.5. The van der Waals surface area contributed by atoms with E-state index in [1.807, 2.05) is 0 Å². The van der Waals surface area contributed by atoms with Gasteiger partial charge in [-0.05, 0) is 11.8 Å². The second kappa shape index (κ2) is 7.63. The number of imidazole rings is 1. The van der Waals surface area contributed by atoms with Crippen molar-refractivity contribution in [1.29, 1.82) is 0 Å². The van der Waals surface area contributed by atoms with Crippen LogP contribution in [0.15, 0.2) is 11.1 Å². The number of fused-ring (bicyclic) bond motifs is 1. The summed E-state index contributed by atoms with van der Waals surface area (Å²) in [5.74, 6) is 2.14. The third kappa shape index (κ3) is 4.03. The van der Waals surface area contributed by atoms with Crippen LogP contribution in [0.4, 0.5) is 5.95 Å². The van der Waals surface area contributed by atoms with Gasteiger partial charge in [-0.3, -0.25) is 18.9 Å². The highest BCUT2D eigenvalue weighted by Crippen LogP contribution is 2.45. The number of aromatic amines is 1. The van der Waals surface area contributed by atoms with Gasteiger partial charge in [-0.25, -0.2) is 4.98 Å². The number of terminal acetylenes is 1. The summed E-state index contributed by atoms with van der Waals surface area (Å²) >= 11 is 4.51. The standard InChI is InChI=1S/C13H16N5O7PS/c1-2-3-23-9-8(25-26(21,22)27)6(4-19)24-12(9)18-5-15-7-10(18)16-13(14)17-11(7)20/h1,5-6,8-9,12,19H,3-4H2,(H2,21,22,27)(H3,14,16,17,20)/t6-,8-,9-,12-/m1/s1. The number of H-pyrrole nitrogens is 1. The number of aliphatic hydroxyl groups is 1. The number of nitrogens with one attached hydrogen (secondary N) is 1. The van der Waals surface area contributed by atoms with Gasteiger partial charge in [0.2, 0.25) is 5.95 Å². The first kappa shape index (κ1) is 19.9. The van der Waals surface area contributed by atoms with E-state index in [4.69, 9.17) is 26.2 Å². The predicted molar refractivity (Wildman–Crippen MR) is 95.7 cm³/mol. The number of anilines is 1. The summed E-state index contributed by atoms with van der Waals surface area (Å²) in [5, 5.41) is 9.59. The van der Waals surface area contributed by atoms with Crippen molar-refractivity contribution in [2.75, 3.05) is 18.9 Å². The van der Waals surface area contributed by atoms with E-state index in [0.717, 1.165) is 0 Å². The Morgan fingerprint density at radius 1 is 1.52 bits per heavy atom. The molecule has 0 aliphatic carbocycles. The van der Waals surface area contributed by atoms with Gasteiger partial charge in [0, 0.05) is 0 Å². The molecule has 0 spiro atoms. The third-order valence-corrected chi connectivity index (χ3v) is 4.58. The van der Waals surface area contributed by atoms with Crippen molar-refractivity contribution in [2.45, 2.75) is 24.5 Å². The Labute approximate surface area is 157 Å². The smallest absolute Gasteiger partial charge is 0.322 e. The van der Waals surface area contributed by atoms with Gasteiger partial charge in [0.05, 0.1) is 12.9 Å². The Balaban J connectivity index is 2.06. The lowest BCUT2D eigenvalue weighted by molar-refractivity contribution is -0.0635. The normalized spacial score (nSPS) is 25.7. The maximum absolute atomic E-state index is 12.0. The molecular formula is C13H16N5O7PS. The molecule has 2 aromatic heterocycles. The second-order valence-electron chi connectivity index (χ2n) is 5.56. The number of nitrogens with two attached hydrogens (primary N) is 1. The molecule has 1 saturated heterocycles. The molecule has 1 fully saturated rings. The van der Waals surface area contributed by atoms with E-state index >= 15 is 0 Å². The number of hydrogen-bond donors (Lipinski definition) is 5. The third-order valence-electron chi connectivity index (χ3n) is 3.81. The molecule has 0 saturated carbocycles. The fraction of sp³-hybridized carbons (Fsp3) is 0.462. The SMILES string of the molecule is C#CCO[C@@H]1[C@H](OP(O)(O)=S)[C@@H](CO)O[C@H]1n1cnc2c(=O)[nH]c(N)nc21. The Morgan fingerprint density at radius 2 is 2.26 bits per heavy atom. The summed E-state index contributed by atoms with van der Waals surface area (Å²) in [4.78, 5) is 41.4. The molecule has 6 N–H and O–H groups in total. The number of aromatic nitrogens is 4. The molecule has 1 aliphatic heterocycles. The first-order chi connectivity index (χ1) is 12.7. The summed E-state index contributed by atoms with van der Waals surface area (Å²) in [7, 11) is 0. The van der Waals surface area contributed by atoms with Gasteiger partial charge in [-0.15, -0.1) is 6.42 Å². The quantitative estimate of drug-likeness (QED) is 0.265. The van der Waals surface area contributed by atoms with Crippen molar-refractivity contribution in [3.63, 3.8) is 0 Å². The van der Waals surface area contributed by atoms with Gasteiger partial charge >= 0.3 is 6.72 Å². The minimum absolute atomic E-state index is 0.00264. The van der Waals surface area contributed by atoms with E-state index in [2.05, 4.69) is 32.7 Å². The molecule has 1 aliphatic rings. The van der Waals surface area contributed by atoms with Crippen LogP contribution in [0.5, 0.6) is 0 Å². The van der Waals surface area contributed by atoms with Crippen molar-refractivity contribution in [1.82, 2.24) is 19.5 Å². The molecule has 2 aromatic rings. The topological polar surface area (TPSA) is 178 Å². The lowest BCUT2D eigenvalue weighted by atomic mass is 10.1. The monoisotopic (exact) mass is 417 g/mol. The maximum Gasteiger partial charge on any atom is 0.322 e. The molecule has 27 heavy (non-hydrogen) atoms. The van der Waals surface area contributed by atoms with E-state index < -0.39 is 43.4 Å². The molecule has 4 atom stereocenters. The summed E-state index contributed by atoms with van der Waals surface area (Å²) < 4.78 is 17.7. The molecule has 3 heterocycles. The molecular weight excluding hydrogens is 401 g/mol. The number of hydrogen-bond acceptors (Lipinski definition) is 9.